The van der Waals surface area contributed by atoms with Gasteiger partial charge in [0.05, 0.1) is 6.26 Å². The van der Waals surface area contributed by atoms with Gasteiger partial charge in [-0.3, -0.25) is 0 Å². The summed E-state index contributed by atoms with van der Waals surface area (Å²) < 4.78 is 25.0. The molecule has 1 saturated heterocycles. The molecule has 14 heavy (non-hydrogen) atoms. The van der Waals surface area contributed by atoms with E-state index in [0.717, 1.165) is 25.9 Å². The van der Waals surface area contributed by atoms with Gasteiger partial charge < -0.3 is 5.32 Å². The van der Waals surface area contributed by atoms with Gasteiger partial charge in [0.15, 0.2) is 0 Å². The zero-order chi connectivity index (χ0) is 10.8. The highest BCUT2D eigenvalue weighted by molar-refractivity contribution is 7.88. The van der Waals surface area contributed by atoms with Gasteiger partial charge in [-0.2, -0.15) is 0 Å². The Morgan fingerprint density at radius 1 is 1.29 bits per heavy atom. The molecule has 0 aliphatic carbocycles. The Balaban J connectivity index is 2.63. The maximum Gasteiger partial charge on any atom is 0.209 e. The average molecular weight is 220 g/mol. The fourth-order valence-corrected chi connectivity index (χ4v) is 3.23. The summed E-state index contributed by atoms with van der Waals surface area (Å²) in [6.45, 7) is 5.90. The minimum atomic E-state index is -3.10. The molecule has 0 radical (unpaired) electrons. The highest BCUT2D eigenvalue weighted by Gasteiger charge is 2.32. The van der Waals surface area contributed by atoms with Crippen LogP contribution in [0.3, 0.4) is 0 Å². The molecule has 84 valence electrons. The Morgan fingerprint density at radius 2 is 1.79 bits per heavy atom. The van der Waals surface area contributed by atoms with Gasteiger partial charge in [0.2, 0.25) is 10.0 Å². The van der Waals surface area contributed by atoms with E-state index in [1.54, 1.807) is 0 Å². The molecule has 1 rings (SSSR count). The van der Waals surface area contributed by atoms with Gasteiger partial charge in [0, 0.05) is 5.54 Å². The summed E-state index contributed by atoms with van der Waals surface area (Å²) in [5.41, 5.74) is -0.324. The summed E-state index contributed by atoms with van der Waals surface area (Å²) in [4.78, 5) is 0. The quantitative estimate of drug-likeness (QED) is 0.720. The molecule has 4 nitrogen and oxygen atoms in total. The molecule has 1 aliphatic rings. The van der Waals surface area contributed by atoms with Crippen LogP contribution in [0.25, 0.3) is 0 Å². The number of hydrogen-bond donors (Lipinski definition) is 2. The first-order valence-electron chi connectivity index (χ1n) is 5.01. The number of hydrogen-bond acceptors (Lipinski definition) is 3. The second-order valence-electron chi connectivity index (χ2n) is 4.62. The van der Waals surface area contributed by atoms with Crippen LogP contribution in [-0.2, 0) is 10.0 Å². The molecule has 5 heteroatoms. The summed E-state index contributed by atoms with van der Waals surface area (Å²) in [6, 6.07) is 0. The van der Waals surface area contributed by atoms with Crippen LogP contribution in [0.4, 0.5) is 0 Å². The smallest absolute Gasteiger partial charge is 0.209 e. The van der Waals surface area contributed by atoms with Crippen LogP contribution in [0.15, 0.2) is 0 Å². The van der Waals surface area contributed by atoms with E-state index < -0.39 is 10.0 Å². The Bertz CT molecular complexity index is 279. The van der Waals surface area contributed by atoms with Crippen molar-refractivity contribution in [2.75, 3.05) is 19.3 Å². The van der Waals surface area contributed by atoms with Gasteiger partial charge in [-0.1, -0.05) is 0 Å². The zero-order valence-corrected chi connectivity index (χ0v) is 9.95. The molecule has 1 heterocycles. The number of piperidine rings is 1. The highest BCUT2D eigenvalue weighted by atomic mass is 32.2. The third kappa shape index (κ3) is 3.55. The van der Waals surface area contributed by atoms with Crippen molar-refractivity contribution < 1.29 is 8.42 Å². The predicted molar refractivity (Wildman–Crippen MR) is 57.7 cm³/mol. The summed E-state index contributed by atoms with van der Waals surface area (Å²) in [7, 11) is -3.10. The van der Waals surface area contributed by atoms with Crippen molar-refractivity contribution in [1.29, 1.82) is 0 Å². The van der Waals surface area contributed by atoms with Gasteiger partial charge in [-0.25, -0.2) is 13.1 Å². The van der Waals surface area contributed by atoms with Crippen molar-refractivity contribution >= 4 is 10.0 Å². The van der Waals surface area contributed by atoms with Gasteiger partial charge in [0.1, 0.15) is 0 Å². The predicted octanol–water partition coefficient (Wildman–Crippen LogP) is 0.314. The fourth-order valence-electron chi connectivity index (χ4n) is 2.10. The first kappa shape index (κ1) is 11.9. The SMILES string of the molecule is CC(C)(NS(C)(=O)=O)C1CCNCC1. The molecule has 1 aliphatic heterocycles. The van der Waals surface area contributed by atoms with E-state index in [2.05, 4.69) is 10.0 Å². The molecule has 0 aromatic carbocycles. The summed E-state index contributed by atoms with van der Waals surface area (Å²) in [6.07, 6.45) is 3.29. The zero-order valence-electron chi connectivity index (χ0n) is 9.13. The van der Waals surface area contributed by atoms with Crippen LogP contribution >= 0.6 is 0 Å². The Labute approximate surface area is 86.5 Å². The van der Waals surface area contributed by atoms with Crippen molar-refractivity contribution in [2.24, 2.45) is 5.92 Å². The van der Waals surface area contributed by atoms with Gasteiger partial charge >= 0.3 is 0 Å². The largest absolute Gasteiger partial charge is 0.317 e. The molecular formula is C9H20N2O2S. The standard InChI is InChI=1S/C9H20N2O2S/c1-9(2,11-14(3,12)13)8-4-6-10-7-5-8/h8,10-11H,4-7H2,1-3H3. The molecule has 0 saturated carbocycles. The number of nitrogens with one attached hydrogen (secondary N) is 2. The van der Waals surface area contributed by atoms with E-state index in [-0.39, 0.29) is 5.54 Å². The van der Waals surface area contributed by atoms with Crippen LogP contribution in [0.2, 0.25) is 0 Å². The normalized spacial score (nSPS) is 21.1. The van der Waals surface area contributed by atoms with Gasteiger partial charge in [-0.05, 0) is 45.7 Å². The Morgan fingerprint density at radius 3 is 2.21 bits per heavy atom. The lowest BCUT2D eigenvalue weighted by Crippen LogP contribution is -2.51. The highest BCUT2D eigenvalue weighted by Crippen LogP contribution is 2.25. The van der Waals surface area contributed by atoms with E-state index in [1.807, 2.05) is 13.8 Å². The van der Waals surface area contributed by atoms with Gasteiger partial charge in [0.25, 0.3) is 0 Å². The topological polar surface area (TPSA) is 58.2 Å². The minimum Gasteiger partial charge on any atom is -0.317 e. The third-order valence-electron chi connectivity index (χ3n) is 2.81. The number of rotatable bonds is 3. The lowest BCUT2D eigenvalue weighted by Gasteiger charge is -2.37. The van der Waals surface area contributed by atoms with E-state index in [4.69, 9.17) is 0 Å². The molecule has 0 bridgehead atoms. The molecular weight excluding hydrogens is 200 g/mol. The lowest BCUT2D eigenvalue weighted by atomic mass is 9.82. The van der Waals surface area contributed by atoms with Crippen molar-refractivity contribution in [2.45, 2.75) is 32.2 Å². The third-order valence-corrected chi connectivity index (χ3v) is 3.71. The fraction of sp³-hybridized carbons (Fsp3) is 1.00. The molecule has 0 unspecified atom stereocenters. The van der Waals surface area contributed by atoms with Crippen LogP contribution in [0.5, 0.6) is 0 Å². The van der Waals surface area contributed by atoms with Crippen LogP contribution in [0, 0.1) is 5.92 Å². The second-order valence-corrected chi connectivity index (χ2v) is 6.37. The van der Waals surface area contributed by atoms with Crippen molar-refractivity contribution in [1.82, 2.24) is 10.0 Å². The van der Waals surface area contributed by atoms with Crippen molar-refractivity contribution in [3.63, 3.8) is 0 Å². The van der Waals surface area contributed by atoms with Crippen molar-refractivity contribution in [3.05, 3.63) is 0 Å². The van der Waals surface area contributed by atoms with E-state index >= 15 is 0 Å². The molecule has 0 aromatic heterocycles. The maximum atomic E-state index is 11.2. The Hall–Kier alpha value is -0.130. The van der Waals surface area contributed by atoms with Crippen LogP contribution in [0.1, 0.15) is 26.7 Å². The van der Waals surface area contributed by atoms with Gasteiger partial charge in [-0.15, -0.1) is 0 Å². The van der Waals surface area contributed by atoms with Crippen molar-refractivity contribution in [3.8, 4) is 0 Å². The molecule has 2 N–H and O–H groups in total. The summed E-state index contributed by atoms with van der Waals surface area (Å²) in [5.74, 6) is 0.429. The molecule has 0 atom stereocenters. The lowest BCUT2D eigenvalue weighted by molar-refractivity contribution is 0.231. The van der Waals surface area contributed by atoms with E-state index in [0.29, 0.717) is 5.92 Å². The maximum absolute atomic E-state index is 11.2. The second kappa shape index (κ2) is 4.16. The van der Waals surface area contributed by atoms with Crippen LogP contribution in [-0.4, -0.2) is 33.3 Å². The number of sulfonamides is 1. The monoisotopic (exact) mass is 220 g/mol. The molecule has 0 aromatic rings. The van der Waals surface area contributed by atoms with E-state index in [1.165, 1.54) is 6.26 Å². The minimum absolute atomic E-state index is 0.324. The molecule has 0 spiro atoms. The summed E-state index contributed by atoms with van der Waals surface area (Å²) >= 11 is 0. The first-order chi connectivity index (χ1) is 6.31. The summed E-state index contributed by atoms with van der Waals surface area (Å²) in [5, 5.41) is 3.27. The van der Waals surface area contributed by atoms with E-state index in [9.17, 15) is 8.42 Å². The average Bonchev–Trinajstić information content (AvgIpc) is 2.01. The first-order valence-corrected chi connectivity index (χ1v) is 6.90. The molecule has 1 fully saturated rings. The Kier molecular flexibility index (Phi) is 3.55. The molecule has 0 amide bonds. The van der Waals surface area contributed by atoms with Crippen LogP contribution < -0.4 is 10.0 Å².